The number of H-pyrrole nitrogens is 1. The van der Waals surface area contributed by atoms with Crippen molar-refractivity contribution >= 4 is 0 Å². The second kappa shape index (κ2) is 4.25. The predicted octanol–water partition coefficient (Wildman–Crippen LogP) is 2.49. The molecule has 0 amide bonds. The van der Waals surface area contributed by atoms with Crippen LogP contribution in [0.3, 0.4) is 0 Å². The van der Waals surface area contributed by atoms with Gasteiger partial charge in [-0.1, -0.05) is 25.3 Å². The molecule has 2 aromatic heterocycles. The van der Waals surface area contributed by atoms with Gasteiger partial charge in [-0.25, -0.2) is 12.1 Å². The first-order chi connectivity index (χ1) is 5.77. The summed E-state index contributed by atoms with van der Waals surface area (Å²) in [5, 5.41) is 0. The smallest absolute Gasteiger partial charge is 0 e. The van der Waals surface area contributed by atoms with E-state index in [1.54, 1.807) is 12.3 Å². The van der Waals surface area contributed by atoms with Crippen LogP contribution in [0, 0.1) is 26.0 Å². The van der Waals surface area contributed by atoms with Crippen LogP contribution in [0.15, 0.2) is 16.7 Å². The van der Waals surface area contributed by atoms with Crippen LogP contribution in [0.25, 0.3) is 11.5 Å². The van der Waals surface area contributed by atoms with Gasteiger partial charge >= 0.3 is 0 Å². The summed E-state index contributed by atoms with van der Waals surface area (Å²) in [5.74, 6) is 0.714. The molecular weight excluding hydrogens is 239 g/mol. The van der Waals surface area contributed by atoms with E-state index in [9.17, 15) is 0 Å². The normalized spacial score (nSPS) is 9.69. The maximum absolute atomic E-state index is 5.17. The molecule has 13 heavy (non-hydrogen) atoms. The fraction of sp³-hybridized carbons (Fsp3) is 0.200. The fourth-order valence-corrected chi connectivity index (χ4v) is 1.08. The summed E-state index contributed by atoms with van der Waals surface area (Å²) in [5.41, 5.74) is 3.11. The molecule has 0 aliphatic heterocycles. The third-order valence-corrected chi connectivity index (χ3v) is 1.88. The summed E-state index contributed by atoms with van der Waals surface area (Å²) in [4.78, 5) is 3.17. The second-order valence-corrected chi connectivity index (χ2v) is 2.77. The van der Waals surface area contributed by atoms with Gasteiger partial charge in [0.05, 0.1) is 0 Å². The molecule has 0 unspecified atom stereocenters. The van der Waals surface area contributed by atoms with Crippen molar-refractivity contribution in [3.63, 3.8) is 0 Å². The Kier molecular flexibility index (Phi) is 3.51. The molecule has 65 valence electrons. The number of hydrogen-bond acceptors (Lipinski definition) is 1. The Labute approximate surface area is 103 Å². The van der Waals surface area contributed by atoms with E-state index in [0.29, 0.717) is 5.76 Å². The average Bonchev–Trinajstić information content (AvgIpc) is 2.61. The minimum atomic E-state index is 0. The first kappa shape index (κ1) is 10.7. The number of nitrogens with one attached hydrogen (secondary N) is 1. The van der Waals surface area contributed by atoms with E-state index in [-0.39, 0.29) is 32.7 Å². The Morgan fingerprint density at radius 2 is 2.15 bits per heavy atom. The molecule has 0 saturated carbocycles. The Hall–Kier alpha value is -0.336. The summed E-state index contributed by atoms with van der Waals surface area (Å²) < 4.78 is 5.17. The molecule has 2 heterocycles. The van der Waals surface area contributed by atoms with Crippen molar-refractivity contribution in [1.29, 1.82) is 0 Å². The number of aromatic amines is 1. The maximum Gasteiger partial charge on any atom is 0 e. The zero-order valence-electron chi connectivity index (χ0n) is 7.64. The van der Waals surface area contributed by atoms with Crippen molar-refractivity contribution in [3.8, 4) is 11.5 Å². The van der Waals surface area contributed by atoms with Gasteiger partial charge in [-0.05, 0) is 6.26 Å². The third-order valence-electron chi connectivity index (χ3n) is 1.88. The van der Waals surface area contributed by atoms with Crippen LogP contribution >= 0.6 is 0 Å². The van der Waals surface area contributed by atoms with Crippen LogP contribution in [-0.2, 0) is 32.7 Å². The molecule has 3 heteroatoms. The van der Waals surface area contributed by atoms with Gasteiger partial charge in [-0.3, -0.25) is 0 Å². The molecule has 1 N–H and O–H groups in total. The van der Waals surface area contributed by atoms with Gasteiger partial charge < -0.3 is 9.40 Å². The minimum absolute atomic E-state index is 0. The molecule has 0 bridgehead atoms. The van der Waals surface area contributed by atoms with Gasteiger partial charge in [0.1, 0.15) is 0 Å². The van der Waals surface area contributed by atoms with E-state index in [2.05, 4.69) is 17.1 Å². The summed E-state index contributed by atoms with van der Waals surface area (Å²) in [6.07, 6.45) is 1.61. The SMILES string of the molecule is Cc1[c-]c(-c2[c-]cco2)[nH]c1C.[Y]. The van der Waals surface area contributed by atoms with E-state index >= 15 is 0 Å². The molecule has 0 atom stereocenters. The van der Waals surface area contributed by atoms with Gasteiger partial charge in [0.15, 0.2) is 0 Å². The standard InChI is InChI=1S/C10H9NO.Y/c1-7-6-9(11-8(7)2)10-4-3-5-12-10;/h3,5,11H,1-2H3;/q-2;. The van der Waals surface area contributed by atoms with Gasteiger partial charge in [0.2, 0.25) is 0 Å². The summed E-state index contributed by atoms with van der Waals surface area (Å²) in [6.45, 7) is 4.02. The van der Waals surface area contributed by atoms with Crippen molar-refractivity contribution in [2.75, 3.05) is 0 Å². The maximum atomic E-state index is 5.17. The van der Waals surface area contributed by atoms with Crippen molar-refractivity contribution in [3.05, 3.63) is 35.7 Å². The number of rotatable bonds is 1. The Balaban J connectivity index is 0.000000845. The summed E-state index contributed by atoms with van der Waals surface area (Å²) in [6, 6.07) is 7.88. The number of aryl methyl sites for hydroxylation is 2. The molecule has 0 fully saturated rings. The Morgan fingerprint density at radius 3 is 2.62 bits per heavy atom. The molecule has 0 spiro atoms. The van der Waals surface area contributed by atoms with E-state index < -0.39 is 0 Å². The zero-order valence-corrected chi connectivity index (χ0v) is 10.5. The van der Waals surface area contributed by atoms with Crippen molar-refractivity contribution in [1.82, 2.24) is 4.98 Å². The van der Waals surface area contributed by atoms with Crippen LogP contribution < -0.4 is 0 Å². The second-order valence-electron chi connectivity index (χ2n) is 2.77. The molecule has 1 radical (unpaired) electrons. The molecule has 0 aromatic carbocycles. The van der Waals surface area contributed by atoms with E-state index in [1.165, 1.54) is 0 Å². The van der Waals surface area contributed by atoms with Gasteiger partial charge in [-0.15, -0.1) is 5.69 Å². The van der Waals surface area contributed by atoms with E-state index in [4.69, 9.17) is 4.42 Å². The van der Waals surface area contributed by atoms with Crippen LogP contribution in [0.5, 0.6) is 0 Å². The molecule has 0 aliphatic carbocycles. The Bertz CT molecular complexity index is 356. The third kappa shape index (κ3) is 2.12. The van der Waals surface area contributed by atoms with Crippen LogP contribution in [0.2, 0.25) is 0 Å². The van der Waals surface area contributed by atoms with Crippen molar-refractivity contribution in [2.45, 2.75) is 13.8 Å². The first-order valence-corrected chi connectivity index (χ1v) is 3.81. The van der Waals surface area contributed by atoms with Crippen molar-refractivity contribution in [2.24, 2.45) is 0 Å². The fourth-order valence-electron chi connectivity index (χ4n) is 1.08. The van der Waals surface area contributed by atoms with Crippen LogP contribution in [-0.4, -0.2) is 4.98 Å². The van der Waals surface area contributed by atoms with Gasteiger partial charge in [-0.2, -0.15) is 11.6 Å². The average molecular weight is 248 g/mol. The number of aromatic nitrogens is 1. The first-order valence-electron chi connectivity index (χ1n) is 3.81. The number of furan rings is 1. The summed E-state index contributed by atoms with van der Waals surface area (Å²) >= 11 is 0. The topological polar surface area (TPSA) is 28.9 Å². The molecule has 2 aromatic rings. The predicted molar refractivity (Wildman–Crippen MR) is 45.6 cm³/mol. The monoisotopic (exact) mass is 248 g/mol. The molecule has 2 rings (SSSR count). The molecular formula is C10H9NOY-2. The van der Waals surface area contributed by atoms with Crippen LogP contribution in [0.1, 0.15) is 11.3 Å². The van der Waals surface area contributed by atoms with Gasteiger partial charge in [0.25, 0.3) is 0 Å². The molecule has 2 nitrogen and oxygen atoms in total. The van der Waals surface area contributed by atoms with E-state index in [1.807, 2.05) is 13.8 Å². The summed E-state index contributed by atoms with van der Waals surface area (Å²) in [7, 11) is 0. The van der Waals surface area contributed by atoms with E-state index in [0.717, 1.165) is 17.0 Å². The minimum Gasteiger partial charge on any atom is -0.602 e. The van der Waals surface area contributed by atoms with Crippen molar-refractivity contribution < 1.29 is 37.1 Å². The van der Waals surface area contributed by atoms with Gasteiger partial charge in [0, 0.05) is 32.7 Å². The number of hydrogen-bond donors (Lipinski definition) is 1. The van der Waals surface area contributed by atoms with Crippen LogP contribution in [0.4, 0.5) is 0 Å². The quantitative estimate of drug-likeness (QED) is 0.772. The molecule has 0 saturated heterocycles. The Morgan fingerprint density at radius 1 is 1.38 bits per heavy atom. The largest absolute Gasteiger partial charge is 0.602 e. The zero-order chi connectivity index (χ0) is 8.55. The molecule has 0 aliphatic rings.